The average Bonchev–Trinajstić information content (AvgIpc) is 2.54. The van der Waals surface area contributed by atoms with Crippen molar-refractivity contribution in [3.8, 4) is 0 Å². The zero-order valence-corrected chi connectivity index (χ0v) is 10.3. The third kappa shape index (κ3) is 1.37. The fourth-order valence-electron chi connectivity index (χ4n) is 2.52. The van der Waals surface area contributed by atoms with Crippen LogP contribution >= 0.6 is 0 Å². The standard InChI is InChI=1S/C13H16N2O2/c1-4-13(10-8-6-5-7-9-10)11(16)14(2)12(17)15(13)3/h5-9H,4H2,1-3H3/t13-/m1/s1. The maximum absolute atomic E-state index is 12.3. The quantitative estimate of drug-likeness (QED) is 0.730. The van der Waals surface area contributed by atoms with E-state index in [1.807, 2.05) is 37.3 Å². The Morgan fingerprint density at radius 2 is 1.71 bits per heavy atom. The van der Waals surface area contributed by atoms with Gasteiger partial charge in [0.1, 0.15) is 5.54 Å². The molecular weight excluding hydrogens is 216 g/mol. The molecule has 1 aromatic rings. The number of hydrogen-bond donors (Lipinski definition) is 0. The van der Waals surface area contributed by atoms with Crippen molar-refractivity contribution >= 4 is 11.9 Å². The van der Waals surface area contributed by atoms with E-state index in [1.54, 1.807) is 7.05 Å². The molecule has 17 heavy (non-hydrogen) atoms. The summed E-state index contributed by atoms with van der Waals surface area (Å²) in [7, 11) is 3.21. The van der Waals surface area contributed by atoms with Crippen molar-refractivity contribution in [3.05, 3.63) is 35.9 Å². The summed E-state index contributed by atoms with van der Waals surface area (Å²) in [5, 5.41) is 0. The molecule has 0 bridgehead atoms. The number of amides is 3. The van der Waals surface area contributed by atoms with Gasteiger partial charge in [-0.1, -0.05) is 37.3 Å². The fraction of sp³-hybridized carbons (Fsp3) is 0.385. The highest BCUT2D eigenvalue weighted by molar-refractivity contribution is 6.07. The summed E-state index contributed by atoms with van der Waals surface area (Å²) >= 11 is 0. The van der Waals surface area contributed by atoms with E-state index in [0.29, 0.717) is 6.42 Å². The predicted molar refractivity (Wildman–Crippen MR) is 64.3 cm³/mol. The summed E-state index contributed by atoms with van der Waals surface area (Å²) in [6.45, 7) is 1.92. The molecule has 3 amide bonds. The Kier molecular flexibility index (Phi) is 2.65. The lowest BCUT2D eigenvalue weighted by molar-refractivity contribution is -0.132. The molecular formula is C13H16N2O2. The van der Waals surface area contributed by atoms with Crippen molar-refractivity contribution in [1.29, 1.82) is 0 Å². The van der Waals surface area contributed by atoms with Crippen molar-refractivity contribution in [2.24, 2.45) is 0 Å². The van der Waals surface area contributed by atoms with Gasteiger partial charge in [-0.2, -0.15) is 0 Å². The first-order valence-corrected chi connectivity index (χ1v) is 5.67. The lowest BCUT2D eigenvalue weighted by Crippen LogP contribution is -2.44. The highest BCUT2D eigenvalue weighted by atomic mass is 16.2. The molecule has 1 fully saturated rings. The largest absolute Gasteiger partial charge is 0.327 e. The highest BCUT2D eigenvalue weighted by Crippen LogP contribution is 2.38. The van der Waals surface area contributed by atoms with Crippen molar-refractivity contribution in [2.75, 3.05) is 14.1 Å². The molecule has 0 spiro atoms. The van der Waals surface area contributed by atoms with Crippen molar-refractivity contribution in [2.45, 2.75) is 18.9 Å². The highest BCUT2D eigenvalue weighted by Gasteiger charge is 2.54. The number of nitrogens with zero attached hydrogens (tertiary/aromatic N) is 2. The van der Waals surface area contributed by atoms with Gasteiger partial charge in [0.05, 0.1) is 0 Å². The molecule has 4 nitrogen and oxygen atoms in total. The van der Waals surface area contributed by atoms with Crippen LogP contribution in [0.5, 0.6) is 0 Å². The monoisotopic (exact) mass is 232 g/mol. The Hall–Kier alpha value is -1.84. The molecule has 90 valence electrons. The molecule has 1 heterocycles. The molecule has 0 unspecified atom stereocenters. The van der Waals surface area contributed by atoms with Gasteiger partial charge in [0.25, 0.3) is 5.91 Å². The topological polar surface area (TPSA) is 40.6 Å². The summed E-state index contributed by atoms with van der Waals surface area (Å²) in [5.74, 6) is -0.154. The number of imide groups is 1. The normalized spacial score (nSPS) is 24.6. The van der Waals surface area contributed by atoms with Gasteiger partial charge in [-0.25, -0.2) is 4.79 Å². The lowest BCUT2D eigenvalue weighted by atomic mass is 9.86. The number of likely N-dealkylation sites (N-methyl/N-ethyl adjacent to an activating group) is 2. The zero-order valence-electron chi connectivity index (χ0n) is 10.3. The molecule has 1 aliphatic rings. The SMILES string of the molecule is CC[C@@]1(c2ccccc2)C(=O)N(C)C(=O)N1C. The van der Waals surface area contributed by atoms with Gasteiger partial charge in [0, 0.05) is 14.1 Å². The number of carbonyl (C=O) groups excluding carboxylic acids is 2. The van der Waals surface area contributed by atoms with Crippen molar-refractivity contribution in [3.63, 3.8) is 0 Å². The maximum atomic E-state index is 12.3. The van der Waals surface area contributed by atoms with E-state index < -0.39 is 5.54 Å². The molecule has 0 aromatic heterocycles. The van der Waals surface area contributed by atoms with E-state index in [0.717, 1.165) is 5.56 Å². The summed E-state index contributed by atoms with van der Waals surface area (Å²) in [6.07, 6.45) is 0.572. The van der Waals surface area contributed by atoms with Gasteiger partial charge < -0.3 is 4.90 Å². The predicted octanol–water partition coefficient (Wildman–Crippen LogP) is 1.82. The van der Waals surface area contributed by atoms with Crippen LogP contribution in [0.3, 0.4) is 0 Å². The van der Waals surface area contributed by atoms with Crippen LogP contribution in [-0.2, 0) is 10.3 Å². The molecule has 0 radical (unpaired) electrons. The van der Waals surface area contributed by atoms with Gasteiger partial charge in [-0.3, -0.25) is 9.69 Å². The minimum atomic E-state index is -0.840. The van der Waals surface area contributed by atoms with E-state index in [4.69, 9.17) is 0 Å². The van der Waals surface area contributed by atoms with Crippen LogP contribution in [0, 0.1) is 0 Å². The zero-order chi connectivity index (χ0) is 12.6. The Balaban J connectivity index is 2.59. The average molecular weight is 232 g/mol. The molecule has 1 saturated heterocycles. The molecule has 4 heteroatoms. The third-order valence-electron chi connectivity index (χ3n) is 3.57. The van der Waals surface area contributed by atoms with E-state index in [1.165, 1.54) is 16.8 Å². The molecule has 0 N–H and O–H groups in total. The van der Waals surface area contributed by atoms with Crippen LogP contribution in [0.25, 0.3) is 0 Å². The van der Waals surface area contributed by atoms with Gasteiger partial charge in [0.2, 0.25) is 0 Å². The van der Waals surface area contributed by atoms with Gasteiger partial charge in [-0.15, -0.1) is 0 Å². The van der Waals surface area contributed by atoms with Crippen molar-refractivity contribution < 1.29 is 9.59 Å². The Morgan fingerprint density at radius 3 is 2.12 bits per heavy atom. The first kappa shape index (κ1) is 11.6. The van der Waals surface area contributed by atoms with Crippen LogP contribution in [0.2, 0.25) is 0 Å². The number of rotatable bonds is 2. The number of hydrogen-bond acceptors (Lipinski definition) is 2. The number of benzene rings is 1. The summed E-state index contributed by atoms with van der Waals surface area (Å²) in [4.78, 5) is 27.0. The fourth-order valence-corrected chi connectivity index (χ4v) is 2.52. The minimum absolute atomic E-state index is 0.154. The van der Waals surface area contributed by atoms with E-state index in [2.05, 4.69) is 0 Å². The van der Waals surface area contributed by atoms with Crippen LogP contribution in [0.4, 0.5) is 4.79 Å². The van der Waals surface area contributed by atoms with Crippen LogP contribution < -0.4 is 0 Å². The van der Waals surface area contributed by atoms with Gasteiger partial charge in [0.15, 0.2) is 0 Å². The molecule has 0 saturated carbocycles. The minimum Gasteiger partial charge on any atom is -0.308 e. The second-order valence-electron chi connectivity index (χ2n) is 4.29. The summed E-state index contributed by atoms with van der Waals surface area (Å²) < 4.78 is 0. The molecule has 1 aliphatic heterocycles. The van der Waals surface area contributed by atoms with Gasteiger partial charge in [-0.05, 0) is 12.0 Å². The number of urea groups is 1. The Labute approximate surface area is 101 Å². The number of carbonyl (C=O) groups is 2. The Morgan fingerprint density at radius 1 is 1.12 bits per heavy atom. The Bertz CT molecular complexity index is 458. The first-order valence-electron chi connectivity index (χ1n) is 5.67. The second kappa shape index (κ2) is 3.87. The van der Waals surface area contributed by atoms with E-state index in [-0.39, 0.29) is 11.9 Å². The smallest absolute Gasteiger partial charge is 0.308 e. The maximum Gasteiger partial charge on any atom is 0.327 e. The molecule has 2 rings (SSSR count). The summed E-state index contributed by atoms with van der Waals surface area (Å²) in [5.41, 5.74) is 0.0281. The summed E-state index contributed by atoms with van der Waals surface area (Å²) in [6, 6.07) is 9.21. The van der Waals surface area contributed by atoms with Crippen LogP contribution in [-0.4, -0.2) is 35.8 Å². The molecule has 1 aromatic carbocycles. The molecule has 1 atom stereocenters. The van der Waals surface area contributed by atoms with E-state index in [9.17, 15) is 9.59 Å². The second-order valence-corrected chi connectivity index (χ2v) is 4.29. The van der Waals surface area contributed by atoms with Crippen LogP contribution in [0.1, 0.15) is 18.9 Å². The first-order chi connectivity index (χ1) is 8.05. The van der Waals surface area contributed by atoms with Crippen molar-refractivity contribution in [1.82, 2.24) is 9.80 Å². The van der Waals surface area contributed by atoms with Crippen LogP contribution in [0.15, 0.2) is 30.3 Å². The van der Waals surface area contributed by atoms with Gasteiger partial charge >= 0.3 is 6.03 Å². The lowest BCUT2D eigenvalue weighted by Gasteiger charge is -2.32. The molecule has 0 aliphatic carbocycles. The third-order valence-corrected chi connectivity index (χ3v) is 3.57. The van der Waals surface area contributed by atoms with E-state index >= 15 is 0 Å².